The molecular weight excluding hydrogens is 689 g/mol. The van der Waals surface area contributed by atoms with Crippen LogP contribution < -0.4 is 0 Å². The third-order valence-electron chi connectivity index (χ3n) is 11.1. The number of hydrogen-bond donors (Lipinski definition) is 0. The largest absolute Gasteiger partial charge is 0.308 e. The molecule has 0 atom stereocenters. The van der Waals surface area contributed by atoms with Gasteiger partial charge in [-0.15, -0.1) is 11.3 Å². The van der Waals surface area contributed by atoms with Crippen molar-refractivity contribution in [3.05, 3.63) is 182 Å². The fraction of sp³-hybridized carbons (Fsp3) is 0. The van der Waals surface area contributed by atoms with Gasteiger partial charge in [0, 0.05) is 43.6 Å². The SMILES string of the molecule is c1ccc(-c2cc3c(-c4ccccc4)nc(-n4c5ccccc5c5ccc6c(sc7c8ccccc8n(-c8ccccc8)c67)c54)nc3c3ccccc23)cc1. The zero-order valence-corrected chi connectivity index (χ0v) is 30.3. The summed E-state index contributed by atoms with van der Waals surface area (Å²) in [5.74, 6) is 0.663. The first-order chi connectivity index (χ1) is 27.3. The van der Waals surface area contributed by atoms with Crippen LogP contribution in [0.1, 0.15) is 0 Å². The summed E-state index contributed by atoms with van der Waals surface area (Å²) in [6.07, 6.45) is 0. The summed E-state index contributed by atoms with van der Waals surface area (Å²) in [6.45, 7) is 0. The summed E-state index contributed by atoms with van der Waals surface area (Å²) in [6, 6.07) is 65.0. The first-order valence-corrected chi connectivity index (χ1v) is 19.4. The first-order valence-electron chi connectivity index (χ1n) is 18.6. The fourth-order valence-electron chi connectivity index (χ4n) is 8.75. The molecule has 0 aliphatic heterocycles. The number of nitrogens with zero attached hydrogens (tertiary/aromatic N) is 4. The van der Waals surface area contributed by atoms with Crippen LogP contribution in [0, 0.1) is 0 Å². The van der Waals surface area contributed by atoms with Crippen LogP contribution >= 0.6 is 11.3 Å². The molecule has 12 aromatic rings. The molecule has 0 amide bonds. The van der Waals surface area contributed by atoms with Crippen molar-refractivity contribution >= 4 is 86.0 Å². The first kappa shape index (κ1) is 30.4. The maximum absolute atomic E-state index is 5.58. The number of hydrogen-bond acceptors (Lipinski definition) is 3. The van der Waals surface area contributed by atoms with E-state index in [2.05, 4.69) is 191 Å². The van der Waals surface area contributed by atoms with Crippen LogP contribution in [0.4, 0.5) is 0 Å². The predicted molar refractivity (Wildman–Crippen MR) is 232 cm³/mol. The van der Waals surface area contributed by atoms with Crippen LogP contribution in [-0.4, -0.2) is 19.1 Å². The highest BCUT2D eigenvalue weighted by atomic mass is 32.1. The van der Waals surface area contributed by atoms with Gasteiger partial charge in [0.25, 0.3) is 0 Å². The lowest BCUT2D eigenvalue weighted by Crippen LogP contribution is -2.04. The fourth-order valence-corrected chi connectivity index (χ4v) is 10.1. The van der Waals surface area contributed by atoms with Crippen molar-refractivity contribution in [2.45, 2.75) is 0 Å². The van der Waals surface area contributed by atoms with Gasteiger partial charge in [-0.2, -0.15) is 0 Å². The Kier molecular flexibility index (Phi) is 6.47. The summed E-state index contributed by atoms with van der Waals surface area (Å²) in [7, 11) is 0. The van der Waals surface area contributed by atoms with E-state index in [4.69, 9.17) is 9.97 Å². The third-order valence-corrected chi connectivity index (χ3v) is 12.4. The van der Waals surface area contributed by atoms with Crippen LogP contribution in [-0.2, 0) is 0 Å². The van der Waals surface area contributed by atoms with E-state index in [1.807, 2.05) is 11.3 Å². The second-order valence-corrected chi connectivity index (χ2v) is 15.1. The number of aromatic nitrogens is 4. The molecule has 55 heavy (non-hydrogen) atoms. The predicted octanol–water partition coefficient (Wildman–Crippen LogP) is 13.5. The van der Waals surface area contributed by atoms with E-state index in [1.165, 1.54) is 58.5 Å². The van der Waals surface area contributed by atoms with Crippen molar-refractivity contribution in [2.24, 2.45) is 0 Å². The Hall–Kier alpha value is -7.08. The molecular formula is C50H30N4S. The van der Waals surface area contributed by atoms with Crippen molar-refractivity contribution in [1.29, 1.82) is 0 Å². The van der Waals surface area contributed by atoms with Crippen LogP contribution in [0.25, 0.3) is 109 Å². The van der Waals surface area contributed by atoms with Crippen molar-refractivity contribution in [2.75, 3.05) is 0 Å². The van der Waals surface area contributed by atoms with Gasteiger partial charge >= 0.3 is 0 Å². The number of para-hydroxylation sites is 3. The summed E-state index contributed by atoms with van der Waals surface area (Å²) < 4.78 is 7.26. The highest BCUT2D eigenvalue weighted by molar-refractivity contribution is 7.27. The highest BCUT2D eigenvalue weighted by Crippen LogP contribution is 2.47. The number of thiophene rings is 1. The van der Waals surface area contributed by atoms with Gasteiger partial charge < -0.3 is 4.57 Å². The number of rotatable bonds is 4. The minimum atomic E-state index is 0.663. The maximum atomic E-state index is 5.58. The van der Waals surface area contributed by atoms with E-state index >= 15 is 0 Å². The molecule has 0 aliphatic rings. The van der Waals surface area contributed by atoms with Crippen LogP contribution in [0.15, 0.2) is 182 Å². The minimum absolute atomic E-state index is 0.663. The van der Waals surface area contributed by atoms with E-state index in [0.717, 1.165) is 44.3 Å². The Morgan fingerprint density at radius 3 is 1.67 bits per heavy atom. The molecule has 4 nitrogen and oxygen atoms in total. The Bertz CT molecular complexity index is 3470. The molecule has 8 aromatic carbocycles. The molecule has 0 radical (unpaired) electrons. The van der Waals surface area contributed by atoms with Crippen LogP contribution in [0.2, 0.25) is 0 Å². The van der Waals surface area contributed by atoms with Crippen molar-refractivity contribution in [1.82, 2.24) is 19.1 Å². The normalized spacial score (nSPS) is 12.0. The smallest absolute Gasteiger partial charge is 0.235 e. The summed E-state index contributed by atoms with van der Waals surface area (Å²) >= 11 is 1.87. The monoisotopic (exact) mass is 718 g/mol. The van der Waals surface area contributed by atoms with Gasteiger partial charge in [0.2, 0.25) is 5.95 Å². The Morgan fingerprint density at radius 1 is 0.382 bits per heavy atom. The molecule has 0 fully saturated rings. The maximum Gasteiger partial charge on any atom is 0.235 e. The lowest BCUT2D eigenvalue weighted by atomic mass is 9.94. The molecule has 0 saturated heterocycles. The molecule has 4 aromatic heterocycles. The lowest BCUT2D eigenvalue weighted by molar-refractivity contribution is 1.02. The molecule has 0 N–H and O–H groups in total. The number of benzene rings is 8. The molecule has 5 heteroatoms. The molecule has 4 heterocycles. The van der Waals surface area contributed by atoms with Crippen LogP contribution in [0.5, 0.6) is 0 Å². The van der Waals surface area contributed by atoms with Gasteiger partial charge in [0.1, 0.15) is 0 Å². The minimum Gasteiger partial charge on any atom is -0.308 e. The lowest BCUT2D eigenvalue weighted by Gasteiger charge is -2.16. The molecule has 0 aliphatic carbocycles. The Morgan fingerprint density at radius 2 is 0.927 bits per heavy atom. The van der Waals surface area contributed by atoms with Crippen LogP contribution in [0.3, 0.4) is 0 Å². The van der Waals surface area contributed by atoms with Gasteiger partial charge in [0.05, 0.1) is 42.7 Å². The average Bonchev–Trinajstić information content (AvgIpc) is 3.91. The van der Waals surface area contributed by atoms with Gasteiger partial charge in [-0.25, -0.2) is 9.97 Å². The molecule has 0 bridgehead atoms. The van der Waals surface area contributed by atoms with Gasteiger partial charge in [-0.1, -0.05) is 152 Å². The zero-order chi connectivity index (χ0) is 36.0. The van der Waals surface area contributed by atoms with Gasteiger partial charge in [-0.3, -0.25) is 4.57 Å². The summed E-state index contributed by atoms with van der Waals surface area (Å²) in [5, 5.41) is 8.16. The zero-order valence-electron chi connectivity index (χ0n) is 29.5. The van der Waals surface area contributed by atoms with E-state index in [9.17, 15) is 0 Å². The average molecular weight is 719 g/mol. The van der Waals surface area contributed by atoms with Crippen molar-refractivity contribution in [3.8, 4) is 34.0 Å². The summed E-state index contributed by atoms with van der Waals surface area (Å²) in [4.78, 5) is 11.2. The topological polar surface area (TPSA) is 35.6 Å². The van der Waals surface area contributed by atoms with E-state index in [1.54, 1.807) is 0 Å². The second-order valence-electron chi connectivity index (χ2n) is 14.1. The van der Waals surface area contributed by atoms with Gasteiger partial charge in [0.15, 0.2) is 0 Å². The van der Waals surface area contributed by atoms with Crippen molar-refractivity contribution in [3.63, 3.8) is 0 Å². The second kappa shape index (κ2) is 11.7. The summed E-state index contributed by atoms with van der Waals surface area (Å²) in [5.41, 5.74) is 11.1. The quantitative estimate of drug-likeness (QED) is 0.170. The van der Waals surface area contributed by atoms with Crippen molar-refractivity contribution < 1.29 is 0 Å². The molecule has 0 spiro atoms. The molecule has 0 saturated carbocycles. The molecule has 256 valence electrons. The number of fused-ring (bicyclic) bond motifs is 12. The Labute approximate surface area is 319 Å². The molecule has 12 rings (SSSR count). The van der Waals surface area contributed by atoms with E-state index in [0.29, 0.717) is 5.95 Å². The third kappa shape index (κ3) is 4.39. The van der Waals surface area contributed by atoms with E-state index in [-0.39, 0.29) is 0 Å². The van der Waals surface area contributed by atoms with Gasteiger partial charge in [-0.05, 0) is 46.8 Å². The standard InChI is InChI=1S/C50H30N4S/c1-4-16-31(17-5-1)40-30-41-44(32-18-6-2-7-19-32)51-50(52-45(41)36-24-11-10-22-34(36)40)54-42-26-14-12-23-35(42)37-28-29-39-47-48(55-49(39)46(37)54)38-25-13-15-27-43(38)53(47)33-20-8-3-9-21-33/h1-30H. The Balaban J connectivity index is 1.24. The van der Waals surface area contributed by atoms with E-state index < -0.39 is 0 Å². The molecule has 0 unspecified atom stereocenters. The highest BCUT2D eigenvalue weighted by Gasteiger charge is 2.24.